The number of carbonyl (C=O) groups excluding carboxylic acids is 1. The van der Waals surface area contributed by atoms with E-state index in [-0.39, 0.29) is 11.3 Å². The maximum atomic E-state index is 12.4. The largest absolute Gasteiger partial charge is 0.381 e. The molecular formula is C21H23Cl2NO2. The highest BCUT2D eigenvalue weighted by Crippen LogP contribution is 2.34. The molecule has 1 amide bonds. The van der Waals surface area contributed by atoms with Gasteiger partial charge in [0.25, 0.3) is 0 Å². The second-order valence-electron chi connectivity index (χ2n) is 6.77. The molecule has 1 heterocycles. The summed E-state index contributed by atoms with van der Waals surface area (Å²) < 4.78 is 5.54. The second kappa shape index (κ2) is 8.90. The van der Waals surface area contributed by atoms with Crippen molar-refractivity contribution in [1.82, 2.24) is 5.32 Å². The third kappa shape index (κ3) is 4.79. The Morgan fingerprint density at radius 1 is 1.08 bits per heavy atom. The maximum absolute atomic E-state index is 12.4. The van der Waals surface area contributed by atoms with Crippen LogP contribution in [-0.2, 0) is 21.4 Å². The summed E-state index contributed by atoms with van der Waals surface area (Å²) in [7, 11) is 0. The fraction of sp³-hybridized carbons (Fsp3) is 0.381. The fourth-order valence-corrected chi connectivity index (χ4v) is 3.95. The molecule has 0 saturated carbocycles. The molecule has 2 aromatic carbocycles. The number of hydrogen-bond donors (Lipinski definition) is 1. The molecule has 0 spiro atoms. The Bertz CT molecular complexity index is 743. The molecule has 26 heavy (non-hydrogen) atoms. The van der Waals surface area contributed by atoms with E-state index in [0.29, 0.717) is 29.4 Å². The third-order valence-corrected chi connectivity index (χ3v) is 5.68. The molecule has 0 aromatic heterocycles. The lowest BCUT2D eigenvalue weighted by molar-refractivity contribution is -0.121. The fourth-order valence-electron chi connectivity index (χ4n) is 3.45. The van der Waals surface area contributed by atoms with E-state index in [1.54, 1.807) is 12.1 Å². The van der Waals surface area contributed by atoms with Gasteiger partial charge in [-0.05, 0) is 42.5 Å². The molecule has 0 atom stereocenters. The average Bonchev–Trinajstić information content (AvgIpc) is 2.67. The summed E-state index contributed by atoms with van der Waals surface area (Å²) in [5.41, 5.74) is 2.16. The Morgan fingerprint density at radius 2 is 1.81 bits per heavy atom. The van der Waals surface area contributed by atoms with Crippen LogP contribution in [0.3, 0.4) is 0 Å². The van der Waals surface area contributed by atoms with Crippen molar-refractivity contribution in [3.8, 4) is 0 Å². The number of benzene rings is 2. The Labute approximate surface area is 164 Å². The first-order chi connectivity index (χ1) is 12.6. The first kappa shape index (κ1) is 19.2. The van der Waals surface area contributed by atoms with E-state index in [1.165, 1.54) is 5.56 Å². The molecule has 0 bridgehead atoms. The van der Waals surface area contributed by atoms with Crippen LogP contribution in [0.5, 0.6) is 0 Å². The standard InChI is InChI=1S/C21H23Cl2NO2/c22-18-8-6-16(19(23)14-18)7-9-20(25)24-15-21(10-12-26-13-11-21)17-4-2-1-3-5-17/h1-6,8,14H,7,9-13,15H2,(H,24,25). The van der Waals surface area contributed by atoms with Gasteiger partial charge in [0.1, 0.15) is 0 Å². The highest BCUT2D eigenvalue weighted by molar-refractivity contribution is 6.35. The average molecular weight is 392 g/mol. The zero-order valence-electron chi connectivity index (χ0n) is 14.6. The molecule has 138 valence electrons. The van der Waals surface area contributed by atoms with Gasteiger partial charge in [-0.25, -0.2) is 0 Å². The summed E-state index contributed by atoms with van der Waals surface area (Å²) in [5.74, 6) is 0.0396. The van der Waals surface area contributed by atoms with Crippen LogP contribution in [0, 0.1) is 0 Å². The van der Waals surface area contributed by atoms with Gasteiger partial charge in [0.15, 0.2) is 0 Å². The smallest absolute Gasteiger partial charge is 0.220 e. The van der Waals surface area contributed by atoms with E-state index in [2.05, 4.69) is 29.6 Å². The van der Waals surface area contributed by atoms with E-state index < -0.39 is 0 Å². The van der Waals surface area contributed by atoms with Crippen LogP contribution >= 0.6 is 23.2 Å². The van der Waals surface area contributed by atoms with Crippen molar-refractivity contribution in [2.75, 3.05) is 19.8 Å². The molecular weight excluding hydrogens is 369 g/mol. The van der Waals surface area contributed by atoms with E-state index in [1.807, 2.05) is 12.1 Å². The van der Waals surface area contributed by atoms with Gasteiger partial charge in [-0.15, -0.1) is 0 Å². The zero-order chi connectivity index (χ0) is 18.4. The number of rotatable bonds is 6. The lowest BCUT2D eigenvalue weighted by atomic mass is 9.74. The first-order valence-corrected chi connectivity index (χ1v) is 9.69. The Balaban J connectivity index is 1.59. The summed E-state index contributed by atoms with van der Waals surface area (Å²) in [6.07, 6.45) is 2.84. The van der Waals surface area contributed by atoms with Crippen molar-refractivity contribution in [2.24, 2.45) is 0 Å². The first-order valence-electron chi connectivity index (χ1n) is 8.93. The normalized spacial score (nSPS) is 16.2. The number of amides is 1. The van der Waals surface area contributed by atoms with Crippen LogP contribution in [-0.4, -0.2) is 25.7 Å². The van der Waals surface area contributed by atoms with Crippen molar-refractivity contribution in [2.45, 2.75) is 31.1 Å². The van der Waals surface area contributed by atoms with E-state index >= 15 is 0 Å². The summed E-state index contributed by atoms with van der Waals surface area (Å²) in [6, 6.07) is 15.8. The number of hydrogen-bond acceptors (Lipinski definition) is 2. The van der Waals surface area contributed by atoms with Crippen LogP contribution in [0.1, 0.15) is 30.4 Å². The number of ether oxygens (including phenoxy) is 1. The van der Waals surface area contributed by atoms with Crippen LogP contribution in [0.2, 0.25) is 10.0 Å². The van der Waals surface area contributed by atoms with Crippen molar-refractivity contribution < 1.29 is 9.53 Å². The zero-order valence-corrected chi connectivity index (χ0v) is 16.2. The lowest BCUT2D eigenvalue weighted by Crippen LogP contribution is -2.44. The number of nitrogens with one attached hydrogen (secondary N) is 1. The summed E-state index contributed by atoms with van der Waals surface area (Å²) in [6.45, 7) is 2.09. The summed E-state index contributed by atoms with van der Waals surface area (Å²) in [4.78, 5) is 12.4. The van der Waals surface area contributed by atoms with Crippen molar-refractivity contribution >= 4 is 29.1 Å². The minimum absolute atomic E-state index is 0.0396. The molecule has 1 fully saturated rings. The van der Waals surface area contributed by atoms with Crippen molar-refractivity contribution in [3.05, 3.63) is 69.7 Å². The molecule has 3 nitrogen and oxygen atoms in total. The number of aryl methyl sites for hydroxylation is 1. The lowest BCUT2D eigenvalue weighted by Gasteiger charge is -2.38. The highest BCUT2D eigenvalue weighted by Gasteiger charge is 2.34. The topological polar surface area (TPSA) is 38.3 Å². The maximum Gasteiger partial charge on any atom is 0.220 e. The molecule has 1 aliphatic rings. The van der Waals surface area contributed by atoms with Gasteiger partial charge in [0.05, 0.1) is 0 Å². The van der Waals surface area contributed by atoms with E-state index in [0.717, 1.165) is 31.6 Å². The minimum Gasteiger partial charge on any atom is -0.381 e. The predicted octanol–water partition coefficient (Wildman–Crippen LogP) is 4.79. The third-order valence-electron chi connectivity index (χ3n) is 5.10. The van der Waals surface area contributed by atoms with Crippen LogP contribution < -0.4 is 5.32 Å². The molecule has 1 N–H and O–H groups in total. The predicted molar refractivity (Wildman–Crippen MR) is 106 cm³/mol. The van der Waals surface area contributed by atoms with Gasteiger partial charge in [0.2, 0.25) is 5.91 Å². The molecule has 0 radical (unpaired) electrons. The van der Waals surface area contributed by atoms with Crippen molar-refractivity contribution in [3.63, 3.8) is 0 Å². The molecule has 5 heteroatoms. The quantitative estimate of drug-likeness (QED) is 0.768. The molecule has 1 saturated heterocycles. The van der Waals surface area contributed by atoms with Gasteiger partial charge in [-0.3, -0.25) is 4.79 Å². The highest BCUT2D eigenvalue weighted by atomic mass is 35.5. The van der Waals surface area contributed by atoms with Gasteiger partial charge in [-0.2, -0.15) is 0 Å². The molecule has 3 rings (SSSR count). The molecule has 2 aromatic rings. The number of halogens is 2. The van der Waals surface area contributed by atoms with Gasteiger partial charge in [0, 0.05) is 41.6 Å². The van der Waals surface area contributed by atoms with Gasteiger partial charge >= 0.3 is 0 Å². The second-order valence-corrected chi connectivity index (χ2v) is 7.61. The van der Waals surface area contributed by atoms with Crippen LogP contribution in [0.4, 0.5) is 0 Å². The summed E-state index contributed by atoms with van der Waals surface area (Å²) >= 11 is 12.1. The molecule has 0 aliphatic carbocycles. The van der Waals surface area contributed by atoms with Crippen LogP contribution in [0.25, 0.3) is 0 Å². The Hall–Kier alpha value is -1.55. The molecule has 0 unspecified atom stereocenters. The SMILES string of the molecule is O=C(CCc1ccc(Cl)cc1Cl)NCC1(c2ccccc2)CCOCC1. The number of carbonyl (C=O) groups is 1. The Kier molecular flexibility index (Phi) is 6.58. The van der Waals surface area contributed by atoms with E-state index in [9.17, 15) is 4.79 Å². The van der Waals surface area contributed by atoms with E-state index in [4.69, 9.17) is 27.9 Å². The Morgan fingerprint density at radius 3 is 2.50 bits per heavy atom. The van der Waals surface area contributed by atoms with Crippen LogP contribution in [0.15, 0.2) is 48.5 Å². The van der Waals surface area contributed by atoms with Gasteiger partial charge in [-0.1, -0.05) is 59.6 Å². The monoisotopic (exact) mass is 391 g/mol. The minimum atomic E-state index is -0.0485. The summed E-state index contributed by atoms with van der Waals surface area (Å²) in [5, 5.41) is 4.34. The molecule has 1 aliphatic heterocycles. The van der Waals surface area contributed by atoms with Gasteiger partial charge < -0.3 is 10.1 Å². The van der Waals surface area contributed by atoms with Crippen molar-refractivity contribution in [1.29, 1.82) is 0 Å².